The predicted octanol–water partition coefficient (Wildman–Crippen LogP) is 5.15. The van der Waals surface area contributed by atoms with Crippen molar-refractivity contribution in [2.75, 3.05) is 53.0 Å². The maximum atomic E-state index is 14.0. The number of halogens is 2. The highest BCUT2D eigenvalue weighted by molar-refractivity contribution is 6.34. The van der Waals surface area contributed by atoms with E-state index >= 15 is 0 Å². The minimum atomic E-state index is -0.365. The molecule has 2 aliphatic rings. The summed E-state index contributed by atoms with van der Waals surface area (Å²) in [6.07, 6.45) is 0.480. The van der Waals surface area contributed by atoms with E-state index in [4.69, 9.17) is 37.8 Å². The molecule has 0 unspecified atom stereocenters. The van der Waals surface area contributed by atoms with Crippen LogP contribution in [0.1, 0.15) is 33.9 Å². The number of nitrogens with zero attached hydrogens (tertiary/aromatic N) is 4. The molecule has 2 amide bonds. The molecule has 5 rings (SSSR count). The second-order valence-electron chi connectivity index (χ2n) is 9.92. The van der Waals surface area contributed by atoms with Crippen LogP contribution in [0.25, 0.3) is 0 Å². The lowest BCUT2D eigenvalue weighted by Crippen LogP contribution is -2.46. The first-order chi connectivity index (χ1) is 19.9. The molecule has 3 aromatic carbocycles. The fourth-order valence-corrected chi connectivity index (χ4v) is 5.53. The molecule has 1 fully saturated rings. The molecule has 1 saturated heterocycles. The van der Waals surface area contributed by atoms with Gasteiger partial charge in [0.25, 0.3) is 11.8 Å². The minimum Gasteiger partial charge on any atom is -0.497 e. The van der Waals surface area contributed by atoms with E-state index in [1.54, 1.807) is 36.3 Å². The van der Waals surface area contributed by atoms with Gasteiger partial charge in [0, 0.05) is 43.2 Å². The van der Waals surface area contributed by atoms with Crippen LogP contribution in [-0.2, 0) is 9.53 Å². The average Bonchev–Trinajstić information content (AvgIpc) is 3.45. The Hall–Kier alpha value is -3.43. The van der Waals surface area contributed by atoms with Crippen molar-refractivity contribution in [2.24, 2.45) is 5.10 Å². The van der Waals surface area contributed by atoms with Crippen LogP contribution >= 0.6 is 23.2 Å². The van der Waals surface area contributed by atoms with Crippen molar-refractivity contribution in [3.63, 3.8) is 0 Å². The highest BCUT2D eigenvalue weighted by Gasteiger charge is 2.35. The summed E-state index contributed by atoms with van der Waals surface area (Å²) in [5.41, 5.74) is 2.75. The Labute approximate surface area is 250 Å². The molecule has 10 heteroatoms. The van der Waals surface area contributed by atoms with Gasteiger partial charge in [-0.1, -0.05) is 65.7 Å². The SMILES string of the molecule is COc1ccc([C@@H]2CC(c3ccccc3Cl)=NN2C(=O)CN(CCN2CCOCC2)C(=O)c2ccccc2Cl)cc1. The van der Waals surface area contributed by atoms with E-state index in [0.29, 0.717) is 54.0 Å². The molecule has 2 aliphatic heterocycles. The quantitative estimate of drug-likeness (QED) is 0.342. The Kier molecular flexibility index (Phi) is 9.57. The van der Waals surface area contributed by atoms with Gasteiger partial charge in [-0.25, -0.2) is 5.01 Å². The number of methoxy groups -OCH3 is 1. The summed E-state index contributed by atoms with van der Waals surface area (Å²) in [5.74, 6) is 0.124. The number of rotatable bonds is 9. The van der Waals surface area contributed by atoms with Crippen molar-refractivity contribution < 1.29 is 19.1 Å². The lowest BCUT2D eigenvalue weighted by Gasteiger charge is -2.31. The number of ether oxygens (including phenoxy) is 2. The molecule has 0 radical (unpaired) electrons. The van der Waals surface area contributed by atoms with Gasteiger partial charge in [0.15, 0.2) is 0 Å². The minimum absolute atomic E-state index is 0.152. The summed E-state index contributed by atoms with van der Waals surface area (Å²) in [7, 11) is 1.61. The number of amides is 2. The normalized spacial score (nSPS) is 17.3. The number of morpholine rings is 1. The van der Waals surface area contributed by atoms with E-state index < -0.39 is 0 Å². The molecular formula is C31H32Cl2N4O4. The Morgan fingerprint density at radius 3 is 2.34 bits per heavy atom. The number of hydrogen-bond donors (Lipinski definition) is 0. The topological polar surface area (TPSA) is 74.7 Å². The first-order valence-electron chi connectivity index (χ1n) is 13.6. The van der Waals surface area contributed by atoms with E-state index in [0.717, 1.165) is 30.0 Å². The van der Waals surface area contributed by atoms with Gasteiger partial charge in [0.1, 0.15) is 12.3 Å². The molecule has 0 N–H and O–H groups in total. The number of hydrazone groups is 1. The molecule has 3 aromatic rings. The summed E-state index contributed by atoms with van der Waals surface area (Å²) in [5, 5.41) is 7.16. The van der Waals surface area contributed by atoms with E-state index in [-0.39, 0.29) is 24.4 Å². The van der Waals surface area contributed by atoms with Crippen LogP contribution in [0.4, 0.5) is 0 Å². The van der Waals surface area contributed by atoms with Gasteiger partial charge in [-0.15, -0.1) is 0 Å². The summed E-state index contributed by atoms with van der Waals surface area (Å²) in [6.45, 7) is 3.67. The fourth-order valence-electron chi connectivity index (χ4n) is 5.06. The first-order valence-corrected chi connectivity index (χ1v) is 14.3. The molecule has 1 atom stereocenters. The Bertz CT molecular complexity index is 1410. The van der Waals surface area contributed by atoms with Crippen LogP contribution in [0.5, 0.6) is 5.75 Å². The first kappa shape index (κ1) is 29.1. The van der Waals surface area contributed by atoms with Crippen LogP contribution in [0, 0.1) is 0 Å². The van der Waals surface area contributed by atoms with E-state index in [2.05, 4.69) is 4.90 Å². The number of carbonyl (C=O) groups is 2. The van der Waals surface area contributed by atoms with Crippen molar-refractivity contribution in [1.29, 1.82) is 0 Å². The molecule has 0 spiro atoms. The van der Waals surface area contributed by atoms with Gasteiger partial charge in [-0.05, 0) is 35.9 Å². The molecule has 2 heterocycles. The lowest BCUT2D eigenvalue weighted by molar-refractivity contribution is -0.133. The zero-order valence-electron chi connectivity index (χ0n) is 22.8. The summed E-state index contributed by atoms with van der Waals surface area (Å²) in [4.78, 5) is 31.5. The maximum absolute atomic E-state index is 14.0. The zero-order chi connectivity index (χ0) is 28.8. The van der Waals surface area contributed by atoms with E-state index in [1.165, 1.54) is 5.01 Å². The Morgan fingerprint density at radius 2 is 1.66 bits per heavy atom. The number of benzene rings is 3. The third-order valence-electron chi connectivity index (χ3n) is 7.36. The van der Waals surface area contributed by atoms with Crippen molar-refractivity contribution in [1.82, 2.24) is 14.8 Å². The van der Waals surface area contributed by atoms with Gasteiger partial charge in [0.05, 0.1) is 42.7 Å². The third-order valence-corrected chi connectivity index (χ3v) is 8.02. The summed E-state index contributed by atoms with van der Waals surface area (Å²) < 4.78 is 10.8. The number of hydrogen-bond acceptors (Lipinski definition) is 6. The van der Waals surface area contributed by atoms with Gasteiger partial charge in [-0.3, -0.25) is 14.5 Å². The van der Waals surface area contributed by atoms with Crippen molar-refractivity contribution >= 4 is 40.7 Å². The van der Waals surface area contributed by atoms with Crippen LogP contribution in [0.2, 0.25) is 10.0 Å². The standard InChI is InChI=1S/C31H32Cl2N4O4/c1-40-23-12-10-22(11-13-23)29-20-28(24-6-2-4-8-26(24)32)34-37(29)30(38)21-36(15-14-35-16-18-41-19-17-35)31(39)25-7-3-5-9-27(25)33/h2-13,29H,14-21H2,1H3/t29-/m0/s1. The molecule has 41 heavy (non-hydrogen) atoms. The van der Waals surface area contributed by atoms with Crippen LogP contribution in [-0.4, -0.2) is 85.4 Å². The monoisotopic (exact) mass is 594 g/mol. The molecule has 8 nitrogen and oxygen atoms in total. The molecule has 0 aliphatic carbocycles. The number of carbonyl (C=O) groups excluding carboxylic acids is 2. The van der Waals surface area contributed by atoms with Crippen molar-refractivity contribution in [3.05, 3.63) is 99.5 Å². The summed E-state index contributed by atoms with van der Waals surface area (Å²) in [6, 6.07) is 21.6. The molecule has 0 aromatic heterocycles. The van der Waals surface area contributed by atoms with Crippen molar-refractivity contribution in [2.45, 2.75) is 12.5 Å². The van der Waals surface area contributed by atoms with E-state index in [1.807, 2.05) is 48.5 Å². The van der Waals surface area contributed by atoms with Crippen LogP contribution < -0.4 is 4.74 Å². The third kappa shape index (κ3) is 6.90. The van der Waals surface area contributed by atoms with Crippen LogP contribution in [0.3, 0.4) is 0 Å². The predicted molar refractivity (Wildman–Crippen MR) is 160 cm³/mol. The Balaban J connectivity index is 1.43. The van der Waals surface area contributed by atoms with E-state index in [9.17, 15) is 9.59 Å². The second-order valence-corrected chi connectivity index (χ2v) is 10.7. The second kappa shape index (κ2) is 13.5. The highest BCUT2D eigenvalue weighted by Crippen LogP contribution is 2.35. The molecule has 214 valence electrons. The molecule has 0 bridgehead atoms. The van der Waals surface area contributed by atoms with Gasteiger partial charge >= 0.3 is 0 Å². The largest absolute Gasteiger partial charge is 0.497 e. The average molecular weight is 596 g/mol. The lowest BCUT2D eigenvalue weighted by atomic mass is 9.98. The van der Waals surface area contributed by atoms with Gasteiger partial charge < -0.3 is 14.4 Å². The molecular weight excluding hydrogens is 563 g/mol. The summed E-state index contributed by atoms with van der Waals surface area (Å²) >= 11 is 12.9. The highest BCUT2D eigenvalue weighted by atomic mass is 35.5. The van der Waals surface area contributed by atoms with Crippen LogP contribution in [0.15, 0.2) is 77.9 Å². The fraction of sp³-hybridized carbons (Fsp3) is 0.323. The zero-order valence-corrected chi connectivity index (χ0v) is 24.4. The van der Waals surface area contributed by atoms with Crippen molar-refractivity contribution in [3.8, 4) is 5.75 Å². The molecule has 0 saturated carbocycles. The Morgan fingerprint density at radius 1 is 0.976 bits per heavy atom. The smallest absolute Gasteiger partial charge is 0.262 e. The maximum Gasteiger partial charge on any atom is 0.262 e. The van der Waals surface area contributed by atoms with Gasteiger partial charge in [-0.2, -0.15) is 5.10 Å². The van der Waals surface area contributed by atoms with Gasteiger partial charge in [0.2, 0.25) is 0 Å².